The van der Waals surface area contributed by atoms with E-state index in [1.807, 2.05) is 25.1 Å². The number of benzene rings is 1. The summed E-state index contributed by atoms with van der Waals surface area (Å²) in [4.78, 5) is 33.0. The number of hydrogen-bond donors (Lipinski definition) is 1. The Morgan fingerprint density at radius 1 is 1.20 bits per heavy atom. The topological polar surface area (TPSA) is 71.5 Å². The lowest BCUT2D eigenvalue weighted by Crippen LogP contribution is -2.24. The van der Waals surface area contributed by atoms with E-state index < -0.39 is 5.97 Å². The Bertz CT molecular complexity index is 1080. The minimum Gasteiger partial charge on any atom is -0.465 e. The van der Waals surface area contributed by atoms with Gasteiger partial charge in [-0.15, -0.1) is 11.3 Å². The highest BCUT2D eigenvalue weighted by Gasteiger charge is 2.22. The van der Waals surface area contributed by atoms with E-state index in [-0.39, 0.29) is 5.91 Å². The van der Waals surface area contributed by atoms with Crippen LogP contribution in [0.25, 0.3) is 10.2 Å². The second kappa shape index (κ2) is 9.65. The molecule has 1 aromatic carbocycles. The molecule has 0 aliphatic carbocycles. The number of aromatic nitrogens is 1. The van der Waals surface area contributed by atoms with E-state index in [1.54, 1.807) is 24.3 Å². The van der Waals surface area contributed by atoms with E-state index in [0.29, 0.717) is 27.5 Å². The summed E-state index contributed by atoms with van der Waals surface area (Å²) in [7, 11) is 1.32. The van der Waals surface area contributed by atoms with Gasteiger partial charge in [0.15, 0.2) is 0 Å². The molecule has 0 aliphatic heterocycles. The molecular weight excluding hydrogens is 398 g/mol. The molecule has 0 unspecified atom stereocenters. The van der Waals surface area contributed by atoms with Gasteiger partial charge in [0.25, 0.3) is 5.91 Å². The molecule has 3 aromatic rings. The van der Waals surface area contributed by atoms with Crippen molar-refractivity contribution in [2.45, 2.75) is 20.4 Å². The molecule has 1 amide bonds. The summed E-state index contributed by atoms with van der Waals surface area (Å²) in [6.45, 7) is 10.4. The third-order valence-corrected chi connectivity index (χ3v) is 5.66. The lowest BCUT2D eigenvalue weighted by molar-refractivity contribution is 0.0607. The normalized spacial score (nSPS) is 10.9. The largest absolute Gasteiger partial charge is 0.465 e. The number of hydrogen-bond acceptors (Lipinski definition) is 6. The SMILES string of the molecule is C=C(C)CN(CC)Cc1ccc2c(NC(=O)c3ccccc3)c(C(=O)OC)sc2n1. The van der Waals surface area contributed by atoms with Crippen LogP contribution in [0.2, 0.25) is 0 Å². The van der Waals surface area contributed by atoms with Crippen LogP contribution in [0.15, 0.2) is 54.6 Å². The quantitative estimate of drug-likeness (QED) is 0.419. The monoisotopic (exact) mass is 423 g/mol. The Labute approximate surface area is 180 Å². The molecule has 2 aromatic heterocycles. The third-order valence-electron chi connectivity index (χ3n) is 4.58. The van der Waals surface area contributed by atoms with Crippen molar-refractivity contribution in [2.24, 2.45) is 0 Å². The maximum absolute atomic E-state index is 12.7. The van der Waals surface area contributed by atoms with E-state index in [9.17, 15) is 9.59 Å². The number of pyridine rings is 1. The van der Waals surface area contributed by atoms with Crippen molar-refractivity contribution < 1.29 is 14.3 Å². The fourth-order valence-corrected chi connectivity index (χ4v) is 4.20. The van der Waals surface area contributed by atoms with Crippen LogP contribution in [0.5, 0.6) is 0 Å². The molecule has 0 atom stereocenters. The van der Waals surface area contributed by atoms with Crippen molar-refractivity contribution in [3.05, 3.63) is 70.8 Å². The summed E-state index contributed by atoms with van der Waals surface area (Å²) in [5.74, 6) is -0.788. The van der Waals surface area contributed by atoms with Crippen LogP contribution in [0.4, 0.5) is 5.69 Å². The summed E-state index contributed by atoms with van der Waals surface area (Å²) in [6, 6.07) is 12.7. The fraction of sp³-hybridized carbons (Fsp3) is 0.261. The minimum atomic E-state index is -0.500. The van der Waals surface area contributed by atoms with Crippen LogP contribution in [-0.2, 0) is 11.3 Å². The van der Waals surface area contributed by atoms with E-state index in [1.165, 1.54) is 18.4 Å². The van der Waals surface area contributed by atoms with Gasteiger partial charge in [0.1, 0.15) is 9.71 Å². The van der Waals surface area contributed by atoms with Gasteiger partial charge in [-0.2, -0.15) is 0 Å². The van der Waals surface area contributed by atoms with Crippen LogP contribution in [-0.4, -0.2) is 42.0 Å². The number of rotatable bonds is 8. The Morgan fingerprint density at radius 3 is 2.57 bits per heavy atom. The second-order valence-corrected chi connectivity index (χ2v) is 8.03. The lowest BCUT2D eigenvalue weighted by Gasteiger charge is -2.19. The van der Waals surface area contributed by atoms with Crippen LogP contribution in [0, 0.1) is 0 Å². The number of fused-ring (bicyclic) bond motifs is 1. The first-order chi connectivity index (χ1) is 14.4. The average Bonchev–Trinajstić information content (AvgIpc) is 3.10. The Hall–Kier alpha value is -3.03. The van der Waals surface area contributed by atoms with E-state index in [0.717, 1.165) is 29.7 Å². The smallest absolute Gasteiger partial charge is 0.350 e. The van der Waals surface area contributed by atoms with Gasteiger partial charge in [-0.3, -0.25) is 9.69 Å². The van der Waals surface area contributed by atoms with Crippen molar-refractivity contribution in [1.29, 1.82) is 0 Å². The number of esters is 1. The van der Waals surface area contributed by atoms with Gasteiger partial charge in [-0.25, -0.2) is 9.78 Å². The van der Waals surface area contributed by atoms with Crippen LogP contribution >= 0.6 is 11.3 Å². The third kappa shape index (κ3) is 4.93. The number of thiophene rings is 1. The molecule has 2 heterocycles. The summed E-state index contributed by atoms with van der Waals surface area (Å²) < 4.78 is 4.92. The zero-order valence-corrected chi connectivity index (χ0v) is 18.2. The van der Waals surface area contributed by atoms with Gasteiger partial charge in [0.05, 0.1) is 18.5 Å². The second-order valence-electron chi connectivity index (χ2n) is 7.03. The van der Waals surface area contributed by atoms with Crippen LogP contribution in [0.1, 0.15) is 39.6 Å². The molecule has 0 radical (unpaired) electrons. The zero-order valence-electron chi connectivity index (χ0n) is 17.4. The van der Waals surface area contributed by atoms with Crippen LogP contribution < -0.4 is 5.32 Å². The standard InChI is InChI=1S/C23H25N3O3S/c1-5-26(13-15(2)3)14-17-11-12-18-19(20(23(28)29-4)30-22(18)24-17)25-21(27)16-9-7-6-8-10-16/h6-12H,2,5,13-14H2,1,3-4H3,(H,25,27). The van der Waals surface area contributed by atoms with E-state index in [4.69, 9.17) is 9.72 Å². The first-order valence-electron chi connectivity index (χ1n) is 9.66. The molecule has 1 N–H and O–H groups in total. The van der Waals surface area contributed by atoms with E-state index >= 15 is 0 Å². The number of anilines is 1. The summed E-state index contributed by atoms with van der Waals surface area (Å²) in [5, 5.41) is 3.59. The minimum absolute atomic E-state index is 0.289. The van der Waals surface area contributed by atoms with Gasteiger partial charge in [-0.1, -0.05) is 37.3 Å². The molecule has 6 nitrogen and oxygen atoms in total. The molecule has 0 fully saturated rings. The summed E-state index contributed by atoms with van der Waals surface area (Å²) >= 11 is 1.22. The molecule has 0 saturated heterocycles. The molecular formula is C23H25N3O3S. The number of nitrogens with zero attached hydrogens (tertiary/aromatic N) is 2. The first kappa shape index (κ1) is 21.7. The molecule has 156 valence electrons. The molecule has 0 spiro atoms. The van der Waals surface area contributed by atoms with Crippen molar-refractivity contribution in [2.75, 3.05) is 25.5 Å². The number of nitrogens with one attached hydrogen (secondary N) is 1. The van der Waals surface area contributed by atoms with Gasteiger partial charge >= 0.3 is 5.97 Å². The Kier molecular flexibility index (Phi) is 6.97. The number of ether oxygens (including phenoxy) is 1. The molecule has 0 saturated carbocycles. The predicted molar refractivity (Wildman–Crippen MR) is 121 cm³/mol. The number of amides is 1. The van der Waals surface area contributed by atoms with Gasteiger partial charge in [0.2, 0.25) is 0 Å². The van der Waals surface area contributed by atoms with Gasteiger partial charge in [-0.05, 0) is 37.7 Å². The van der Waals surface area contributed by atoms with Crippen LogP contribution in [0.3, 0.4) is 0 Å². The summed E-state index contributed by atoms with van der Waals surface area (Å²) in [6.07, 6.45) is 0. The van der Waals surface area contributed by atoms with Gasteiger partial charge < -0.3 is 10.1 Å². The highest BCUT2D eigenvalue weighted by atomic mass is 32.1. The summed E-state index contributed by atoms with van der Waals surface area (Å²) in [5.41, 5.74) is 2.93. The van der Waals surface area contributed by atoms with Crippen molar-refractivity contribution in [3.8, 4) is 0 Å². The molecule has 30 heavy (non-hydrogen) atoms. The fourth-order valence-electron chi connectivity index (χ4n) is 3.13. The van der Waals surface area contributed by atoms with Crippen molar-refractivity contribution in [3.63, 3.8) is 0 Å². The number of likely N-dealkylation sites (N-methyl/N-ethyl adjacent to an activating group) is 1. The lowest BCUT2D eigenvalue weighted by atomic mass is 10.2. The van der Waals surface area contributed by atoms with Gasteiger partial charge in [0, 0.05) is 24.0 Å². The Morgan fingerprint density at radius 2 is 1.93 bits per heavy atom. The zero-order chi connectivity index (χ0) is 21.7. The maximum atomic E-state index is 12.7. The highest BCUT2D eigenvalue weighted by molar-refractivity contribution is 7.21. The molecule has 3 rings (SSSR count). The average molecular weight is 424 g/mol. The Balaban J connectivity index is 1.96. The van der Waals surface area contributed by atoms with Crippen molar-refractivity contribution >= 4 is 39.1 Å². The molecule has 0 bridgehead atoms. The number of carbonyl (C=O) groups excluding carboxylic acids is 2. The first-order valence-corrected chi connectivity index (χ1v) is 10.5. The molecule has 0 aliphatic rings. The highest BCUT2D eigenvalue weighted by Crippen LogP contribution is 2.36. The number of carbonyl (C=O) groups is 2. The maximum Gasteiger partial charge on any atom is 0.350 e. The van der Waals surface area contributed by atoms with Crippen molar-refractivity contribution in [1.82, 2.24) is 9.88 Å². The van der Waals surface area contributed by atoms with E-state index in [2.05, 4.69) is 23.7 Å². The molecule has 7 heteroatoms. The number of methoxy groups -OCH3 is 1. The predicted octanol–water partition coefficient (Wildman–Crippen LogP) is 4.73.